The van der Waals surface area contributed by atoms with Gasteiger partial charge in [0.05, 0.1) is 11.0 Å². The van der Waals surface area contributed by atoms with E-state index >= 15 is 0 Å². The number of hydrogen-bond donors (Lipinski definition) is 0. The fourth-order valence-electron chi connectivity index (χ4n) is 3.06. The molecule has 1 aliphatic rings. The lowest BCUT2D eigenvalue weighted by atomic mass is 10.0. The van der Waals surface area contributed by atoms with Crippen LogP contribution in [-0.4, -0.2) is 33.4 Å². The van der Waals surface area contributed by atoms with Crippen LogP contribution in [0.4, 0.5) is 0 Å². The van der Waals surface area contributed by atoms with Crippen molar-refractivity contribution in [2.45, 2.75) is 19.9 Å². The summed E-state index contributed by atoms with van der Waals surface area (Å²) in [7, 11) is 0. The fraction of sp³-hybridized carbons (Fsp3) is 0.263. The Labute approximate surface area is 135 Å². The summed E-state index contributed by atoms with van der Waals surface area (Å²) >= 11 is 0. The quantitative estimate of drug-likeness (QED) is 0.745. The average Bonchev–Trinajstić information content (AvgIpc) is 2.88. The molecule has 0 N–H and O–H groups in total. The molecule has 4 nitrogen and oxygen atoms in total. The number of benzene rings is 1. The Morgan fingerprint density at radius 2 is 2.04 bits per heavy atom. The van der Waals surface area contributed by atoms with Crippen molar-refractivity contribution in [1.29, 1.82) is 0 Å². The summed E-state index contributed by atoms with van der Waals surface area (Å²) in [5.41, 5.74) is 5.44. The first-order valence-electron chi connectivity index (χ1n) is 8.01. The summed E-state index contributed by atoms with van der Waals surface area (Å²) in [6.45, 7) is 4.28. The van der Waals surface area contributed by atoms with Gasteiger partial charge < -0.3 is 9.47 Å². The number of carbonyl (C=O) groups excluding carboxylic acids is 1. The van der Waals surface area contributed by atoms with Gasteiger partial charge >= 0.3 is 0 Å². The number of aromatic nitrogens is 2. The van der Waals surface area contributed by atoms with Crippen LogP contribution < -0.4 is 0 Å². The van der Waals surface area contributed by atoms with Gasteiger partial charge in [0.25, 0.3) is 0 Å². The highest BCUT2D eigenvalue weighted by Crippen LogP contribution is 2.26. The lowest BCUT2D eigenvalue weighted by molar-refractivity contribution is -0.135. The zero-order valence-corrected chi connectivity index (χ0v) is 13.2. The van der Waals surface area contributed by atoms with Crippen LogP contribution in [0.5, 0.6) is 0 Å². The van der Waals surface area contributed by atoms with Gasteiger partial charge in [0.15, 0.2) is 0 Å². The van der Waals surface area contributed by atoms with Crippen molar-refractivity contribution in [2.24, 2.45) is 0 Å². The fourth-order valence-corrected chi connectivity index (χ4v) is 3.06. The minimum absolute atomic E-state index is 0.190. The molecular weight excluding hydrogens is 286 g/mol. The first kappa shape index (κ1) is 14.0. The second-order valence-electron chi connectivity index (χ2n) is 6.12. The van der Waals surface area contributed by atoms with Gasteiger partial charge in [-0.15, -0.1) is 0 Å². The highest BCUT2D eigenvalue weighted by Gasteiger charge is 2.20. The van der Waals surface area contributed by atoms with Crippen molar-refractivity contribution in [2.75, 3.05) is 13.1 Å². The van der Waals surface area contributed by atoms with E-state index in [1.807, 2.05) is 40.1 Å². The molecule has 0 radical (unpaired) electrons. The Kier molecular flexibility index (Phi) is 3.37. The van der Waals surface area contributed by atoms with Gasteiger partial charge in [-0.3, -0.25) is 9.78 Å². The third-order valence-corrected chi connectivity index (χ3v) is 4.59. The third-order valence-electron chi connectivity index (χ3n) is 4.59. The van der Waals surface area contributed by atoms with Crippen LogP contribution in [0.15, 0.2) is 48.8 Å². The van der Waals surface area contributed by atoms with Crippen LogP contribution in [0.25, 0.3) is 22.2 Å². The number of carbonyl (C=O) groups is 1. The zero-order valence-electron chi connectivity index (χ0n) is 13.2. The summed E-state index contributed by atoms with van der Waals surface area (Å²) in [6.07, 6.45) is 4.99. The Bertz CT molecular complexity index is 877. The van der Waals surface area contributed by atoms with Gasteiger partial charge in [0.2, 0.25) is 5.91 Å². The Balaban J connectivity index is 1.71. The molecule has 0 spiro atoms. The van der Waals surface area contributed by atoms with Crippen LogP contribution in [0.2, 0.25) is 0 Å². The predicted molar refractivity (Wildman–Crippen MR) is 91.1 cm³/mol. The maximum atomic E-state index is 12.2. The highest BCUT2D eigenvalue weighted by molar-refractivity contribution is 5.84. The van der Waals surface area contributed by atoms with E-state index in [1.165, 1.54) is 11.1 Å². The molecule has 3 heterocycles. The molecule has 1 fully saturated rings. The van der Waals surface area contributed by atoms with Gasteiger partial charge in [0.1, 0.15) is 6.54 Å². The summed E-state index contributed by atoms with van der Waals surface area (Å²) in [5, 5.41) is 0. The van der Waals surface area contributed by atoms with E-state index in [0.29, 0.717) is 6.54 Å². The summed E-state index contributed by atoms with van der Waals surface area (Å²) in [4.78, 5) is 18.7. The molecular formula is C19H19N3O. The molecule has 4 rings (SSSR count). The molecule has 1 saturated heterocycles. The van der Waals surface area contributed by atoms with Crippen molar-refractivity contribution in [1.82, 2.24) is 14.5 Å². The van der Waals surface area contributed by atoms with Crippen LogP contribution in [-0.2, 0) is 11.3 Å². The first-order valence-corrected chi connectivity index (χ1v) is 8.01. The Hall–Kier alpha value is -2.62. The lowest BCUT2D eigenvalue weighted by Gasteiger charge is -2.31. The number of aryl methyl sites for hydroxylation is 1. The number of fused-ring (bicyclic) bond motifs is 1. The van der Waals surface area contributed by atoms with E-state index in [1.54, 1.807) is 0 Å². The van der Waals surface area contributed by atoms with Crippen molar-refractivity contribution in [3.63, 3.8) is 0 Å². The number of amides is 1. The molecule has 0 atom stereocenters. The molecule has 1 aliphatic heterocycles. The molecule has 116 valence electrons. The highest BCUT2D eigenvalue weighted by atomic mass is 16.2. The molecule has 1 amide bonds. The van der Waals surface area contributed by atoms with Crippen molar-refractivity contribution >= 4 is 16.9 Å². The van der Waals surface area contributed by atoms with Crippen LogP contribution in [0, 0.1) is 6.92 Å². The van der Waals surface area contributed by atoms with Crippen molar-refractivity contribution in [3.05, 3.63) is 54.4 Å². The second-order valence-corrected chi connectivity index (χ2v) is 6.12. The monoisotopic (exact) mass is 305 g/mol. The second kappa shape index (κ2) is 5.54. The van der Waals surface area contributed by atoms with E-state index in [9.17, 15) is 4.79 Å². The summed E-state index contributed by atoms with van der Waals surface area (Å²) in [6, 6.07) is 12.4. The van der Waals surface area contributed by atoms with E-state index in [-0.39, 0.29) is 5.91 Å². The molecule has 0 bridgehead atoms. The lowest BCUT2D eigenvalue weighted by Crippen LogP contribution is -2.43. The van der Waals surface area contributed by atoms with Gasteiger partial charge in [-0.05, 0) is 36.6 Å². The summed E-state index contributed by atoms with van der Waals surface area (Å²) < 4.78 is 2.00. The minimum Gasteiger partial charge on any atom is -0.341 e. The Morgan fingerprint density at radius 1 is 1.22 bits per heavy atom. The molecule has 23 heavy (non-hydrogen) atoms. The first-order chi connectivity index (χ1) is 11.2. The predicted octanol–water partition coefficient (Wildman–Crippen LogP) is 3.24. The molecule has 2 aromatic heterocycles. The zero-order chi connectivity index (χ0) is 15.8. The summed E-state index contributed by atoms with van der Waals surface area (Å²) in [5.74, 6) is 0.190. The van der Waals surface area contributed by atoms with Gasteiger partial charge in [-0.25, -0.2) is 0 Å². The SMILES string of the molecule is Cc1ccccc1-c1cnc2ccn(CC(=O)N3CCC3)c2c1. The van der Waals surface area contributed by atoms with Gasteiger partial charge in [0, 0.05) is 31.0 Å². The third kappa shape index (κ3) is 2.50. The molecule has 1 aromatic carbocycles. The number of pyridine rings is 1. The molecule has 0 aliphatic carbocycles. The van der Waals surface area contributed by atoms with E-state index in [4.69, 9.17) is 0 Å². The molecule has 0 unspecified atom stereocenters. The van der Waals surface area contributed by atoms with Crippen molar-refractivity contribution < 1.29 is 4.79 Å². The van der Waals surface area contributed by atoms with Crippen LogP contribution >= 0.6 is 0 Å². The number of hydrogen-bond acceptors (Lipinski definition) is 2. The number of likely N-dealkylation sites (tertiary alicyclic amines) is 1. The largest absolute Gasteiger partial charge is 0.341 e. The van der Waals surface area contributed by atoms with Crippen molar-refractivity contribution in [3.8, 4) is 11.1 Å². The maximum Gasteiger partial charge on any atom is 0.242 e. The average molecular weight is 305 g/mol. The number of rotatable bonds is 3. The normalized spacial score (nSPS) is 14.0. The topological polar surface area (TPSA) is 38.1 Å². The van der Waals surface area contributed by atoms with E-state index < -0.39 is 0 Å². The standard InChI is InChI=1S/C19H19N3O/c1-14-5-2-3-6-16(14)15-11-18-17(20-12-15)7-10-22(18)13-19(23)21-8-4-9-21/h2-3,5-7,10-12H,4,8-9,13H2,1H3. The number of nitrogens with zero attached hydrogens (tertiary/aromatic N) is 3. The van der Waals surface area contributed by atoms with Gasteiger partial charge in [-0.2, -0.15) is 0 Å². The minimum atomic E-state index is 0.190. The molecule has 0 saturated carbocycles. The Morgan fingerprint density at radius 3 is 2.78 bits per heavy atom. The smallest absolute Gasteiger partial charge is 0.242 e. The molecule has 3 aromatic rings. The van der Waals surface area contributed by atoms with Gasteiger partial charge in [-0.1, -0.05) is 24.3 Å². The van der Waals surface area contributed by atoms with E-state index in [0.717, 1.165) is 36.1 Å². The van der Waals surface area contributed by atoms with Crippen LogP contribution in [0.3, 0.4) is 0 Å². The van der Waals surface area contributed by atoms with E-state index in [2.05, 4.69) is 30.1 Å². The van der Waals surface area contributed by atoms with Crippen LogP contribution in [0.1, 0.15) is 12.0 Å². The molecule has 4 heteroatoms. The maximum absolute atomic E-state index is 12.2.